The summed E-state index contributed by atoms with van der Waals surface area (Å²) < 4.78 is 5.84. The zero-order chi connectivity index (χ0) is 9.90. The summed E-state index contributed by atoms with van der Waals surface area (Å²) in [7, 11) is 0. The molecule has 0 aromatic carbocycles. The smallest absolute Gasteiger partial charge is 0.0978 e. The maximum atomic E-state index is 5.84. The Balaban J connectivity index is 2.45. The summed E-state index contributed by atoms with van der Waals surface area (Å²) in [6.45, 7) is 6.40. The molecule has 0 aliphatic heterocycles. The standard InChI is InChI=1S/C11H22OS/c1-9(13)12-11(2,3)10-7-5-4-6-8-10/h9-10,13H,4-8H2,1-3H3. The Morgan fingerprint density at radius 3 is 2.23 bits per heavy atom. The van der Waals surface area contributed by atoms with Crippen molar-refractivity contribution < 1.29 is 4.74 Å². The Labute approximate surface area is 87.7 Å². The first kappa shape index (κ1) is 11.4. The van der Waals surface area contributed by atoms with Crippen LogP contribution in [0.15, 0.2) is 0 Å². The minimum Gasteiger partial charge on any atom is -0.362 e. The molecule has 0 aromatic rings. The quantitative estimate of drug-likeness (QED) is 0.543. The van der Waals surface area contributed by atoms with Crippen molar-refractivity contribution in [2.24, 2.45) is 5.92 Å². The van der Waals surface area contributed by atoms with E-state index in [1.807, 2.05) is 6.92 Å². The van der Waals surface area contributed by atoms with Crippen LogP contribution < -0.4 is 0 Å². The maximum Gasteiger partial charge on any atom is 0.0978 e. The number of ether oxygens (including phenoxy) is 1. The van der Waals surface area contributed by atoms with Crippen molar-refractivity contribution >= 4 is 12.6 Å². The van der Waals surface area contributed by atoms with Gasteiger partial charge in [-0.15, -0.1) is 12.6 Å². The van der Waals surface area contributed by atoms with Gasteiger partial charge in [0.1, 0.15) is 0 Å². The maximum absolute atomic E-state index is 5.84. The van der Waals surface area contributed by atoms with E-state index in [9.17, 15) is 0 Å². The second-order valence-electron chi connectivity index (χ2n) is 4.66. The first-order valence-electron chi connectivity index (χ1n) is 5.38. The highest BCUT2D eigenvalue weighted by atomic mass is 32.1. The molecule has 0 amide bonds. The molecule has 0 N–H and O–H groups in total. The SMILES string of the molecule is CC(S)OC(C)(C)C1CCCCC1. The molecule has 78 valence electrons. The van der Waals surface area contributed by atoms with Gasteiger partial charge in [-0.2, -0.15) is 0 Å². The lowest BCUT2D eigenvalue weighted by molar-refractivity contribution is -0.0763. The summed E-state index contributed by atoms with van der Waals surface area (Å²) in [4.78, 5) is 0. The van der Waals surface area contributed by atoms with Crippen LogP contribution in [-0.2, 0) is 4.74 Å². The molecule has 1 atom stereocenters. The summed E-state index contributed by atoms with van der Waals surface area (Å²) in [5, 5.41) is 0. The van der Waals surface area contributed by atoms with Gasteiger partial charge in [0.15, 0.2) is 0 Å². The minimum atomic E-state index is 0.0155. The number of thiol groups is 1. The molecule has 1 aliphatic rings. The van der Waals surface area contributed by atoms with Gasteiger partial charge in [-0.25, -0.2) is 0 Å². The lowest BCUT2D eigenvalue weighted by atomic mass is 9.79. The van der Waals surface area contributed by atoms with E-state index in [-0.39, 0.29) is 11.0 Å². The fourth-order valence-electron chi connectivity index (χ4n) is 2.33. The highest BCUT2D eigenvalue weighted by Gasteiger charge is 2.32. The molecular formula is C11H22OS. The van der Waals surface area contributed by atoms with E-state index in [0.29, 0.717) is 0 Å². The summed E-state index contributed by atoms with van der Waals surface area (Å²) in [6, 6.07) is 0. The summed E-state index contributed by atoms with van der Waals surface area (Å²) in [6.07, 6.45) is 6.81. The van der Waals surface area contributed by atoms with Gasteiger partial charge in [-0.05, 0) is 39.5 Å². The predicted octanol–water partition coefficient (Wildman–Crippen LogP) is 3.64. The largest absolute Gasteiger partial charge is 0.362 e. The number of rotatable bonds is 3. The van der Waals surface area contributed by atoms with Crippen LogP contribution in [0.3, 0.4) is 0 Å². The van der Waals surface area contributed by atoms with Gasteiger partial charge in [-0.3, -0.25) is 0 Å². The van der Waals surface area contributed by atoms with Crippen molar-refractivity contribution in [3.63, 3.8) is 0 Å². The molecule has 2 heteroatoms. The molecule has 0 radical (unpaired) electrons. The van der Waals surface area contributed by atoms with Crippen LogP contribution in [0.1, 0.15) is 52.9 Å². The molecule has 0 spiro atoms. The van der Waals surface area contributed by atoms with Crippen LogP contribution in [0.2, 0.25) is 0 Å². The lowest BCUT2D eigenvalue weighted by Gasteiger charge is -2.38. The third kappa shape index (κ3) is 3.51. The predicted molar refractivity (Wildman–Crippen MR) is 60.2 cm³/mol. The molecule has 1 nitrogen and oxygen atoms in total. The van der Waals surface area contributed by atoms with Gasteiger partial charge >= 0.3 is 0 Å². The molecular weight excluding hydrogens is 180 g/mol. The molecule has 1 fully saturated rings. The summed E-state index contributed by atoms with van der Waals surface area (Å²) in [5.74, 6) is 0.732. The van der Waals surface area contributed by atoms with Gasteiger partial charge < -0.3 is 4.74 Å². The van der Waals surface area contributed by atoms with Crippen LogP contribution in [0, 0.1) is 5.92 Å². The average Bonchev–Trinajstić information content (AvgIpc) is 2.04. The zero-order valence-corrected chi connectivity index (χ0v) is 9.94. The van der Waals surface area contributed by atoms with Crippen molar-refractivity contribution in [1.82, 2.24) is 0 Å². The molecule has 1 rings (SSSR count). The Bertz CT molecular complexity index is 148. The number of hydrogen-bond donors (Lipinski definition) is 1. The summed E-state index contributed by atoms with van der Waals surface area (Å²) >= 11 is 4.29. The van der Waals surface area contributed by atoms with E-state index in [0.717, 1.165) is 5.92 Å². The molecule has 0 heterocycles. The Kier molecular flexibility index (Phi) is 4.11. The van der Waals surface area contributed by atoms with E-state index in [4.69, 9.17) is 4.74 Å². The van der Waals surface area contributed by atoms with E-state index < -0.39 is 0 Å². The second kappa shape index (κ2) is 4.70. The van der Waals surface area contributed by atoms with Crippen LogP contribution in [0.5, 0.6) is 0 Å². The van der Waals surface area contributed by atoms with Gasteiger partial charge in [0.2, 0.25) is 0 Å². The van der Waals surface area contributed by atoms with Crippen molar-refractivity contribution in [1.29, 1.82) is 0 Å². The molecule has 1 saturated carbocycles. The van der Waals surface area contributed by atoms with Gasteiger partial charge in [-0.1, -0.05) is 19.3 Å². The molecule has 0 aromatic heterocycles. The van der Waals surface area contributed by atoms with Gasteiger partial charge in [0.05, 0.1) is 11.0 Å². The minimum absolute atomic E-state index is 0.0155. The normalized spacial score (nSPS) is 23.1. The Morgan fingerprint density at radius 1 is 1.23 bits per heavy atom. The third-order valence-corrected chi connectivity index (χ3v) is 3.17. The molecule has 13 heavy (non-hydrogen) atoms. The molecule has 0 bridgehead atoms. The van der Waals surface area contributed by atoms with E-state index in [2.05, 4.69) is 26.5 Å². The van der Waals surface area contributed by atoms with E-state index in [1.165, 1.54) is 32.1 Å². The number of hydrogen-bond acceptors (Lipinski definition) is 2. The van der Waals surface area contributed by atoms with Crippen molar-refractivity contribution in [2.75, 3.05) is 0 Å². The highest BCUT2D eigenvalue weighted by Crippen LogP contribution is 2.35. The summed E-state index contributed by atoms with van der Waals surface area (Å²) in [5.41, 5.74) is 0.0682. The van der Waals surface area contributed by atoms with Crippen LogP contribution >= 0.6 is 12.6 Å². The topological polar surface area (TPSA) is 9.23 Å². The average molecular weight is 202 g/mol. The Hall–Kier alpha value is 0.310. The highest BCUT2D eigenvalue weighted by molar-refractivity contribution is 7.80. The van der Waals surface area contributed by atoms with Crippen molar-refractivity contribution in [3.8, 4) is 0 Å². The first-order chi connectivity index (χ1) is 6.02. The molecule has 0 saturated heterocycles. The van der Waals surface area contributed by atoms with Gasteiger partial charge in [0, 0.05) is 0 Å². The lowest BCUT2D eigenvalue weighted by Crippen LogP contribution is -2.37. The third-order valence-electron chi connectivity index (χ3n) is 3.06. The van der Waals surface area contributed by atoms with Crippen molar-refractivity contribution in [3.05, 3.63) is 0 Å². The molecule has 1 aliphatic carbocycles. The second-order valence-corrected chi connectivity index (χ2v) is 5.38. The Morgan fingerprint density at radius 2 is 1.77 bits per heavy atom. The van der Waals surface area contributed by atoms with Gasteiger partial charge in [0.25, 0.3) is 0 Å². The van der Waals surface area contributed by atoms with Crippen LogP contribution in [0.4, 0.5) is 0 Å². The fraction of sp³-hybridized carbons (Fsp3) is 1.00. The van der Waals surface area contributed by atoms with Crippen LogP contribution in [-0.4, -0.2) is 11.0 Å². The fourth-order valence-corrected chi connectivity index (χ4v) is 2.61. The van der Waals surface area contributed by atoms with Crippen molar-refractivity contribution in [2.45, 2.75) is 63.9 Å². The molecule has 1 unspecified atom stereocenters. The van der Waals surface area contributed by atoms with E-state index in [1.54, 1.807) is 0 Å². The van der Waals surface area contributed by atoms with Crippen LogP contribution in [0.25, 0.3) is 0 Å². The first-order valence-corrected chi connectivity index (χ1v) is 5.90. The zero-order valence-electron chi connectivity index (χ0n) is 9.05. The van der Waals surface area contributed by atoms with E-state index >= 15 is 0 Å². The monoisotopic (exact) mass is 202 g/mol.